The summed E-state index contributed by atoms with van der Waals surface area (Å²) < 4.78 is 37.7. The third kappa shape index (κ3) is 7.23. The number of ether oxygens (including phenoxy) is 2. The average Bonchev–Trinajstić information content (AvgIpc) is 2.80. The molecule has 2 aromatic carbocycles. The highest BCUT2D eigenvalue weighted by atomic mass is 32.2. The largest absolute Gasteiger partial charge is 0.494 e. The Morgan fingerprint density at radius 3 is 2.52 bits per heavy atom. The number of carbonyl (C=O) groups is 1. The monoisotopic (exact) mass is 491 g/mol. The van der Waals surface area contributed by atoms with Gasteiger partial charge < -0.3 is 14.8 Å². The number of nitrogens with zero attached hydrogens (tertiary/aromatic N) is 1. The van der Waals surface area contributed by atoms with Crippen LogP contribution in [-0.2, 0) is 14.8 Å². The molecule has 10 heteroatoms. The Morgan fingerprint density at radius 1 is 1.15 bits per heavy atom. The first kappa shape index (κ1) is 25.1. The minimum Gasteiger partial charge on any atom is -0.494 e. The summed E-state index contributed by atoms with van der Waals surface area (Å²) in [6.07, 6.45) is 0.928. The molecule has 0 aromatic heterocycles. The van der Waals surface area contributed by atoms with Crippen LogP contribution in [-0.4, -0.2) is 56.7 Å². The third-order valence-electron chi connectivity index (χ3n) is 5.01. The molecule has 0 unspecified atom stereocenters. The van der Waals surface area contributed by atoms with Crippen LogP contribution in [0.1, 0.15) is 30.6 Å². The summed E-state index contributed by atoms with van der Waals surface area (Å²) in [5, 5.41) is 5.64. The van der Waals surface area contributed by atoms with Gasteiger partial charge in [-0.15, -0.1) is 0 Å². The Kier molecular flexibility index (Phi) is 8.79. The number of morpholine rings is 1. The molecule has 0 radical (unpaired) electrons. The van der Waals surface area contributed by atoms with Crippen LogP contribution in [0, 0.1) is 5.92 Å². The summed E-state index contributed by atoms with van der Waals surface area (Å²) in [4.78, 5) is 12.7. The zero-order chi connectivity index (χ0) is 23.8. The Hall–Kier alpha value is -2.53. The number of nitrogens with one attached hydrogen (secondary N) is 2. The van der Waals surface area contributed by atoms with Crippen LogP contribution in [0.4, 0.5) is 5.69 Å². The molecule has 0 saturated carbocycles. The lowest BCUT2D eigenvalue weighted by molar-refractivity contribution is 0.0730. The summed E-state index contributed by atoms with van der Waals surface area (Å²) in [5.41, 5.74) is 0.986. The molecule has 3 rings (SSSR count). The van der Waals surface area contributed by atoms with Gasteiger partial charge in [0.05, 0.1) is 24.7 Å². The van der Waals surface area contributed by atoms with E-state index in [0.29, 0.717) is 55.8 Å². The molecule has 0 aliphatic carbocycles. The van der Waals surface area contributed by atoms with Crippen LogP contribution in [0.25, 0.3) is 0 Å². The van der Waals surface area contributed by atoms with Crippen molar-refractivity contribution in [1.82, 2.24) is 9.62 Å². The van der Waals surface area contributed by atoms with Gasteiger partial charge in [-0.25, -0.2) is 8.42 Å². The van der Waals surface area contributed by atoms with Crippen molar-refractivity contribution < 1.29 is 22.7 Å². The number of anilines is 1. The quantitative estimate of drug-likeness (QED) is 0.547. The van der Waals surface area contributed by atoms with E-state index in [4.69, 9.17) is 21.7 Å². The van der Waals surface area contributed by atoms with Crippen molar-refractivity contribution in [2.45, 2.75) is 25.2 Å². The molecule has 1 saturated heterocycles. The fraction of sp³-hybridized carbons (Fsp3) is 0.391. The van der Waals surface area contributed by atoms with Gasteiger partial charge in [-0.2, -0.15) is 4.31 Å². The number of sulfonamides is 1. The number of thiocarbonyl (C=S) groups is 1. The highest BCUT2D eigenvalue weighted by Crippen LogP contribution is 2.19. The topological polar surface area (TPSA) is 97.0 Å². The average molecular weight is 492 g/mol. The van der Waals surface area contributed by atoms with E-state index in [0.717, 1.165) is 6.42 Å². The maximum atomic E-state index is 12.7. The van der Waals surface area contributed by atoms with Crippen LogP contribution >= 0.6 is 12.2 Å². The molecule has 1 amide bonds. The highest BCUT2D eigenvalue weighted by molar-refractivity contribution is 7.89. The lowest BCUT2D eigenvalue weighted by atomic mass is 10.1. The van der Waals surface area contributed by atoms with Crippen molar-refractivity contribution in [1.29, 1.82) is 0 Å². The number of hydrogen-bond acceptors (Lipinski definition) is 6. The van der Waals surface area contributed by atoms with Crippen molar-refractivity contribution in [3.63, 3.8) is 0 Å². The predicted octanol–water partition coefficient (Wildman–Crippen LogP) is 3.26. The molecule has 8 nitrogen and oxygen atoms in total. The van der Waals surface area contributed by atoms with Crippen molar-refractivity contribution >= 4 is 38.9 Å². The predicted molar refractivity (Wildman–Crippen MR) is 131 cm³/mol. The van der Waals surface area contributed by atoms with E-state index in [2.05, 4.69) is 24.5 Å². The molecular formula is C23H29N3O5S2. The summed E-state index contributed by atoms with van der Waals surface area (Å²) in [6, 6.07) is 13.1. The van der Waals surface area contributed by atoms with Crippen LogP contribution in [0.2, 0.25) is 0 Å². The van der Waals surface area contributed by atoms with E-state index in [1.165, 1.54) is 16.4 Å². The molecular weight excluding hydrogens is 462 g/mol. The first-order valence-corrected chi connectivity index (χ1v) is 12.6. The minimum atomic E-state index is -3.57. The van der Waals surface area contributed by atoms with Gasteiger partial charge in [0.1, 0.15) is 5.75 Å². The third-order valence-corrected chi connectivity index (χ3v) is 7.12. The maximum absolute atomic E-state index is 12.7. The highest BCUT2D eigenvalue weighted by Gasteiger charge is 2.26. The lowest BCUT2D eigenvalue weighted by Crippen LogP contribution is -2.40. The molecule has 0 bridgehead atoms. The molecule has 1 heterocycles. The van der Waals surface area contributed by atoms with Gasteiger partial charge in [-0.1, -0.05) is 19.9 Å². The van der Waals surface area contributed by atoms with Gasteiger partial charge in [0.2, 0.25) is 10.0 Å². The minimum absolute atomic E-state index is 0.106. The molecule has 2 N–H and O–H groups in total. The number of amides is 1. The van der Waals surface area contributed by atoms with Crippen LogP contribution in [0.5, 0.6) is 5.75 Å². The number of carbonyl (C=O) groups excluding carboxylic acids is 1. The number of benzene rings is 2. The van der Waals surface area contributed by atoms with Gasteiger partial charge in [-0.3, -0.25) is 10.1 Å². The van der Waals surface area contributed by atoms with Gasteiger partial charge in [-0.05, 0) is 67.0 Å². The second kappa shape index (κ2) is 11.6. The van der Waals surface area contributed by atoms with E-state index >= 15 is 0 Å². The second-order valence-corrected chi connectivity index (χ2v) is 10.4. The second-order valence-electron chi connectivity index (χ2n) is 8.01. The van der Waals surface area contributed by atoms with E-state index in [1.54, 1.807) is 36.4 Å². The molecule has 0 spiro atoms. The smallest absolute Gasteiger partial charge is 0.257 e. The molecule has 2 aromatic rings. The standard InChI is InChI=1S/C23H29N3O5S2/c1-17(2)10-13-31-20-5-3-4-18(16-20)22(27)25-23(32)24-19-6-8-21(9-7-19)33(28,29)26-11-14-30-15-12-26/h3-9,16-17H,10-15H2,1-2H3,(H2,24,25,27,32). The zero-order valence-electron chi connectivity index (χ0n) is 18.7. The van der Waals surface area contributed by atoms with Crippen molar-refractivity contribution in [2.75, 3.05) is 38.2 Å². The van der Waals surface area contributed by atoms with Gasteiger partial charge in [0.25, 0.3) is 5.91 Å². The van der Waals surface area contributed by atoms with Gasteiger partial charge in [0.15, 0.2) is 5.11 Å². The summed E-state index contributed by atoms with van der Waals surface area (Å²) in [7, 11) is -3.57. The Balaban J connectivity index is 1.55. The molecule has 0 atom stereocenters. The van der Waals surface area contributed by atoms with Crippen molar-refractivity contribution in [2.24, 2.45) is 5.92 Å². The van der Waals surface area contributed by atoms with E-state index in [1.807, 2.05) is 0 Å². The molecule has 178 valence electrons. The van der Waals surface area contributed by atoms with Crippen molar-refractivity contribution in [3.8, 4) is 5.75 Å². The maximum Gasteiger partial charge on any atom is 0.257 e. The zero-order valence-corrected chi connectivity index (χ0v) is 20.4. The van der Waals surface area contributed by atoms with E-state index in [9.17, 15) is 13.2 Å². The Morgan fingerprint density at radius 2 is 1.85 bits per heavy atom. The van der Waals surface area contributed by atoms with Crippen LogP contribution < -0.4 is 15.4 Å². The lowest BCUT2D eigenvalue weighted by Gasteiger charge is -2.26. The van der Waals surface area contributed by atoms with Gasteiger partial charge >= 0.3 is 0 Å². The number of hydrogen-bond donors (Lipinski definition) is 2. The first-order chi connectivity index (χ1) is 15.8. The summed E-state index contributed by atoms with van der Waals surface area (Å²) in [6.45, 7) is 6.28. The van der Waals surface area contributed by atoms with E-state index in [-0.39, 0.29) is 15.9 Å². The Labute approximate surface area is 200 Å². The molecule has 1 fully saturated rings. The SMILES string of the molecule is CC(C)CCOc1cccc(C(=O)NC(=S)Nc2ccc(S(=O)(=O)N3CCOCC3)cc2)c1. The fourth-order valence-electron chi connectivity index (χ4n) is 3.12. The summed E-state index contributed by atoms with van der Waals surface area (Å²) >= 11 is 5.24. The molecule has 1 aliphatic heterocycles. The van der Waals surface area contributed by atoms with Crippen LogP contribution in [0.3, 0.4) is 0 Å². The normalized spacial score (nSPS) is 14.6. The number of rotatable bonds is 8. The van der Waals surface area contributed by atoms with Crippen molar-refractivity contribution in [3.05, 3.63) is 54.1 Å². The van der Waals surface area contributed by atoms with Gasteiger partial charge in [0, 0.05) is 24.3 Å². The summed E-state index contributed by atoms with van der Waals surface area (Å²) in [5.74, 6) is 0.793. The molecule has 1 aliphatic rings. The van der Waals surface area contributed by atoms with E-state index < -0.39 is 10.0 Å². The Bertz CT molecular complexity index is 1070. The van der Waals surface area contributed by atoms with Crippen LogP contribution in [0.15, 0.2) is 53.4 Å². The molecule has 33 heavy (non-hydrogen) atoms. The fourth-order valence-corrected chi connectivity index (χ4v) is 4.74. The first-order valence-electron chi connectivity index (χ1n) is 10.8.